The van der Waals surface area contributed by atoms with Crippen LogP contribution in [0.15, 0.2) is 16.3 Å². The summed E-state index contributed by atoms with van der Waals surface area (Å²) in [4.78, 5) is 27.5. The Morgan fingerprint density at radius 1 is 1.50 bits per heavy atom. The first kappa shape index (κ1) is 12.6. The number of aliphatic imine (C=N–C) groups is 1. The summed E-state index contributed by atoms with van der Waals surface area (Å²) in [5.74, 6) is -0.900. The largest absolute Gasteiger partial charge is 0.510 e. The smallest absolute Gasteiger partial charge is 0.344 e. The monoisotopic (exact) mass is 243 g/mol. The number of nitrogens with two attached hydrogens (primary N) is 1. The molecule has 88 valence electrons. The molecule has 1 heterocycles. The lowest BCUT2D eigenvalue weighted by molar-refractivity contribution is -0.114. The van der Waals surface area contributed by atoms with E-state index in [1.165, 1.54) is 4.90 Å². The number of hydrogen-bond donors (Lipinski definition) is 2. The maximum Gasteiger partial charge on any atom is 0.344 e. The molecule has 0 aromatic heterocycles. The van der Waals surface area contributed by atoms with Crippen LogP contribution in [0.3, 0.4) is 0 Å². The lowest BCUT2D eigenvalue weighted by Gasteiger charge is -2.06. The zero-order valence-electron chi connectivity index (χ0n) is 9.22. The van der Waals surface area contributed by atoms with Crippen molar-refractivity contribution in [3.8, 4) is 0 Å². The fraction of sp³-hybridized carbons (Fsp3) is 0.444. The number of primary amides is 1. The Morgan fingerprint density at radius 2 is 2.06 bits per heavy atom. The SMILES string of the molecule is CC1SC(=NC(=O)N(C)C)C(C(N)=O)=C1O. The second kappa shape index (κ2) is 4.56. The van der Waals surface area contributed by atoms with Gasteiger partial charge in [0.15, 0.2) is 0 Å². The zero-order valence-corrected chi connectivity index (χ0v) is 10.0. The molecular weight excluding hydrogens is 230 g/mol. The van der Waals surface area contributed by atoms with Gasteiger partial charge in [0, 0.05) is 14.1 Å². The van der Waals surface area contributed by atoms with Crippen LogP contribution < -0.4 is 5.73 Å². The van der Waals surface area contributed by atoms with Gasteiger partial charge in [0.1, 0.15) is 16.4 Å². The standard InChI is InChI=1S/C9H13N3O3S/c1-4-6(13)5(7(10)14)8(16-4)11-9(15)12(2)3/h4,13H,1-3H3,(H2,10,14). The van der Waals surface area contributed by atoms with Gasteiger partial charge in [-0.15, -0.1) is 0 Å². The van der Waals surface area contributed by atoms with E-state index in [9.17, 15) is 14.7 Å². The van der Waals surface area contributed by atoms with Gasteiger partial charge in [-0.25, -0.2) is 4.79 Å². The molecule has 0 spiro atoms. The fourth-order valence-corrected chi connectivity index (χ4v) is 2.11. The Bertz CT molecular complexity index is 401. The molecule has 1 atom stereocenters. The summed E-state index contributed by atoms with van der Waals surface area (Å²) in [6, 6.07) is -0.497. The van der Waals surface area contributed by atoms with Crippen LogP contribution in [0.4, 0.5) is 4.79 Å². The van der Waals surface area contributed by atoms with Crippen LogP contribution in [-0.4, -0.2) is 46.3 Å². The quantitative estimate of drug-likeness (QED) is 0.701. The molecular formula is C9H13N3O3S. The molecule has 0 saturated carbocycles. The van der Waals surface area contributed by atoms with E-state index in [4.69, 9.17) is 5.73 Å². The van der Waals surface area contributed by atoms with Crippen LogP contribution in [0.25, 0.3) is 0 Å². The number of carbonyl (C=O) groups is 2. The average molecular weight is 243 g/mol. The molecule has 0 saturated heterocycles. The van der Waals surface area contributed by atoms with Gasteiger partial charge in [-0.2, -0.15) is 4.99 Å². The molecule has 1 aliphatic rings. The third kappa shape index (κ3) is 2.35. The van der Waals surface area contributed by atoms with Crippen LogP contribution in [0.1, 0.15) is 6.92 Å². The molecule has 0 bridgehead atoms. The van der Waals surface area contributed by atoms with Gasteiger partial charge >= 0.3 is 6.03 Å². The molecule has 1 unspecified atom stereocenters. The van der Waals surface area contributed by atoms with Gasteiger partial charge in [0.2, 0.25) is 0 Å². The summed E-state index contributed by atoms with van der Waals surface area (Å²) < 4.78 is 0. The first-order valence-electron chi connectivity index (χ1n) is 4.54. The highest BCUT2D eigenvalue weighted by Gasteiger charge is 2.32. The Hall–Kier alpha value is -1.50. The Kier molecular flexibility index (Phi) is 3.58. The minimum atomic E-state index is -0.778. The molecule has 3 amide bonds. The third-order valence-electron chi connectivity index (χ3n) is 1.97. The number of thioether (sulfide) groups is 1. The summed E-state index contributed by atoms with van der Waals surface area (Å²) in [6.07, 6.45) is 0. The van der Waals surface area contributed by atoms with E-state index in [-0.39, 0.29) is 21.6 Å². The van der Waals surface area contributed by atoms with Gasteiger partial charge in [-0.1, -0.05) is 11.8 Å². The van der Waals surface area contributed by atoms with Gasteiger partial charge in [0.05, 0.1) is 5.25 Å². The van der Waals surface area contributed by atoms with E-state index in [0.29, 0.717) is 0 Å². The highest BCUT2D eigenvalue weighted by Crippen LogP contribution is 2.33. The Morgan fingerprint density at radius 3 is 2.50 bits per heavy atom. The third-order valence-corrected chi connectivity index (χ3v) is 3.07. The second-order valence-electron chi connectivity index (χ2n) is 3.48. The lowest BCUT2D eigenvalue weighted by Crippen LogP contribution is -2.22. The summed E-state index contributed by atoms with van der Waals surface area (Å²) in [5.41, 5.74) is 5.05. The number of amides is 3. The molecule has 7 heteroatoms. The number of hydrogen-bond acceptors (Lipinski definition) is 4. The molecule has 0 aromatic carbocycles. The van der Waals surface area contributed by atoms with E-state index in [2.05, 4.69) is 4.99 Å². The van der Waals surface area contributed by atoms with Crippen molar-refractivity contribution >= 4 is 28.7 Å². The normalized spacial score (nSPS) is 22.7. The van der Waals surface area contributed by atoms with Crippen LogP contribution in [-0.2, 0) is 4.79 Å². The highest BCUT2D eigenvalue weighted by molar-refractivity contribution is 8.15. The number of aliphatic hydroxyl groups excluding tert-OH is 1. The number of nitrogens with zero attached hydrogens (tertiary/aromatic N) is 2. The molecule has 0 aromatic rings. The minimum Gasteiger partial charge on any atom is -0.510 e. The van der Waals surface area contributed by atoms with Crippen LogP contribution >= 0.6 is 11.8 Å². The van der Waals surface area contributed by atoms with Gasteiger partial charge in [-0.3, -0.25) is 4.79 Å². The van der Waals surface area contributed by atoms with Crippen molar-refractivity contribution in [2.24, 2.45) is 10.7 Å². The summed E-state index contributed by atoms with van der Waals surface area (Å²) in [5, 5.41) is 9.47. The van der Waals surface area contributed by atoms with Crippen molar-refractivity contribution in [2.75, 3.05) is 14.1 Å². The molecule has 1 aliphatic heterocycles. The van der Waals surface area contributed by atoms with Crippen molar-refractivity contribution in [2.45, 2.75) is 12.2 Å². The lowest BCUT2D eigenvalue weighted by atomic mass is 10.2. The van der Waals surface area contributed by atoms with E-state index < -0.39 is 11.9 Å². The average Bonchev–Trinajstić information content (AvgIpc) is 2.42. The van der Waals surface area contributed by atoms with Gasteiger partial charge in [0.25, 0.3) is 5.91 Å². The number of urea groups is 1. The zero-order chi connectivity index (χ0) is 12.5. The van der Waals surface area contributed by atoms with Gasteiger partial charge < -0.3 is 15.7 Å². The topological polar surface area (TPSA) is 96.0 Å². The van der Waals surface area contributed by atoms with Gasteiger partial charge in [-0.05, 0) is 6.92 Å². The second-order valence-corrected chi connectivity index (χ2v) is 4.81. The van der Waals surface area contributed by atoms with E-state index in [0.717, 1.165) is 11.8 Å². The summed E-state index contributed by atoms with van der Waals surface area (Å²) in [7, 11) is 3.09. The van der Waals surface area contributed by atoms with Crippen LogP contribution in [0.2, 0.25) is 0 Å². The molecule has 1 rings (SSSR count). The maximum atomic E-state index is 11.3. The van der Waals surface area contributed by atoms with E-state index >= 15 is 0 Å². The molecule has 6 nitrogen and oxygen atoms in total. The van der Waals surface area contributed by atoms with Crippen molar-refractivity contribution < 1.29 is 14.7 Å². The first-order chi connectivity index (χ1) is 7.34. The van der Waals surface area contributed by atoms with E-state index in [1.54, 1.807) is 21.0 Å². The highest BCUT2D eigenvalue weighted by atomic mass is 32.2. The van der Waals surface area contributed by atoms with E-state index in [1.807, 2.05) is 0 Å². The summed E-state index contributed by atoms with van der Waals surface area (Å²) in [6.45, 7) is 1.70. The first-order valence-corrected chi connectivity index (χ1v) is 5.42. The number of carbonyl (C=O) groups excluding carboxylic acids is 2. The molecule has 0 radical (unpaired) electrons. The van der Waals surface area contributed by atoms with Crippen molar-refractivity contribution in [3.63, 3.8) is 0 Å². The predicted octanol–water partition coefficient (Wildman–Crippen LogP) is 0.499. The number of aliphatic hydroxyl groups is 1. The van der Waals surface area contributed by atoms with Crippen molar-refractivity contribution in [3.05, 3.63) is 11.3 Å². The van der Waals surface area contributed by atoms with Crippen molar-refractivity contribution in [1.29, 1.82) is 0 Å². The van der Waals surface area contributed by atoms with Crippen molar-refractivity contribution in [1.82, 2.24) is 4.90 Å². The van der Waals surface area contributed by atoms with Crippen LogP contribution in [0.5, 0.6) is 0 Å². The molecule has 16 heavy (non-hydrogen) atoms. The number of rotatable bonds is 1. The summed E-state index contributed by atoms with van der Waals surface area (Å²) >= 11 is 1.13. The Balaban J connectivity index is 3.09. The molecule has 0 fully saturated rings. The van der Waals surface area contributed by atoms with Crippen LogP contribution in [0, 0.1) is 0 Å². The fourth-order valence-electron chi connectivity index (χ4n) is 1.10. The molecule has 3 N–H and O–H groups in total. The predicted molar refractivity (Wildman–Crippen MR) is 62.4 cm³/mol. The Labute approximate surface area is 97.2 Å². The molecule has 0 aliphatic carbocycles. The minimum absolute atomic E-state index is 0.0623. The maximum absolute atomic E-state index is 11.3.